The Morgan fingerprint density at radius 2 is 1.78 bits per heavy atom. The number of nitrogens with zero attached hydrogens (tertiary/aromatic N) is 3. The summed E-state index contributed by atoms with van der Waals surface area (Å²) in [6.45, 7) is 12.7. The zero-order valence-electron chi connectivity index (χ0n) is 14.9. The zero-order chi connectivity index (χ0) is 17.0. The molecular formula is C19H26N4. The fourth-order valence-corrected chi connectivity index (χ4v) is 2.27. The van der Waals surface area contributed by atoms with Gasteiger partial charge in [0.2, 0.25) is 5.95 Å². The molecule has 0 radical (unpaired) electrons. The van der Waals surface area contributed by atoms with Crippen molar-refractivity contribution in [1.82, 2.24) is 9.97 Å². The quantitative estimate of drug-likeness (QED) is 0.669. The highest BCUT2D eigenvalue weighted by Gasteiger charge is 2.13. The van der Waals surface area contributed by atoms with E-state index in [0.717, 1.165) is 29.1 Å². The van der Waals surface area contributed by atoms with Crippen LogP contribution < -0.4 is 5.43 Å². The molecule has 0 spiro atoms. The van der Waals surface area contributed by atoms with Gasteiger partial charge in [-0.15, -0.1) is 0 Å². The minimum absolute atomic E-state index is 0.161. The van der Waals surface area contributed by atoms with Gasteiger partial charge in [0.15, 0.2) is 0 Å². The van der Waals surface area contributed by atoms with E-state index >= 15 is 0 Å². The fraction of sp³-hybridized carbons (Fsp3) is 0.421. The molecule has 0 aliphatic heterocycles. The summed E-state index contributed by atoms with van der Waals surface area (Å²) in [6.07, 6.45) is 0.884. The van der Waals surface area contributed by atoms with Crippen LogP contribution in [0.5, 0.6) is 0 Å². The minimum atomic E-state index is 0.161. The molecule has 0 aliphatic carbocycles. The van der Waals surface area contributed by atoms with Gasteiger partial charge in [0.05, 0.1) is 5.71 Å². The Hall–Kier alpha value is -2.23. The number of nitrogens with one attached hydrogen (secondary N) is 1. The molecular weight excluding hydrogens is 284 g/mol. The molecule has 1 heterocycles. The van der Waals surface area contributed by atoms with Crippen LogP contribution >= 0.6 is 0 Å². The van der Waals surface area contributed by atoms with Crippen molar-refractivity contribution in [3.05, 3.63) is 52.8 Å². The molecule has 1 aromatic heterocycles. The molecule has 4 heteroatoms. The van der Waals surface area contributed by atoms with Crippen LogP contribution in [0.3, 0.4) is 0 Å². The molecule has 23 heavy (non-hydrogen) atoms. The SMILES string of the molecule is CCc1cc(C)nc(NN=C(C)c2ccc(C(C)(C)C)cc2)n1. The highest BCUT2D eigenvalue weighted by atomic mass is 15.4. The summed E-state index contributed by atoms with van der Waals surface area (Å²) in [5.41, 5.74) is 8.41. The van der Waals surface area contributed by atoms with Gasteiger partial charge in [0.1, 0.15) is 0 Å². The number of benzene rings is 1. The lowest BCUT2D eigenvalue weighted by atomic mass is 9.86. The van der Waals surface area contributed by atoms with E-state index < -0.39 is 0 Å². The number of aryl methyl sites for hydroxylation is 2. The Kier molecular flexibility index (Phi) is 5.14. The van der Waals surface area contributed by atoms with E-state index in [1.54, 1.807) is 0 Å². The third-order valence-corrected chi connectivity index (χ3v) is 3.76. The van der Waals surface area contributed by atoms with Crippen molar-refractivity contribution in [1.29, 1.82) is 0 Å². The van der Waals surface area contributed by atoms with E-state index in [1.807, 2.05) is 19.9 Å². The predicted octanol–water partition coefficient (Wildman–Crippen LogP) is 4.48. The molecule has 122 valence electrons. The maximum Gasteiger partial charge on any atom is 0.243 e. The van der Waals surface area contributed by atoms with Crippen molar-refractivity contribution in [2.75, 3.05) is 5.43 Å². The normalized spacial score (nSPS) is 12.3. The van der Waals surface area contributed by atoms with Crippen molar-refractivity contribution in [3.8, 4) is 0 Å². The summed E-state index contributed by atoms with van der Waals surface area (Å²) >= 11 is 0. The first kappa shape index (κ1) is 17.1. The molecule has 0 unspecified atom stereocenters. The van der Waals surface area contributed by atoms with Crippen LogP contribution in [0.2, 0.25) is 0 Å². The summed E-state index contributed by atoms with van der Waals surface area (Å²) in [7, 11) is 0. The van der Waals surface area contributed by atoms with Gasteiger partial charge < -0.3 is 0 Å². The molecule has 0 saturated heterocycles. The van der Waals surface area contributed by atoms with Crippen molar-refractivity contribution in [3.63, 3.8) is 0 Å². The zero-order valence-corrected chi connectivity index (χ0v) is 14.9. The average molecular weight is 310 g/mol. The summed E-state index contributed by atoms with van der Waals surface area (Å²) in [5.74, 6) is 0.549. The molecule has 1 N–H and O–H groups in total. The van der Waals surface area contributed by atoms with Crippen LogP contribution in [0.1, 0.15) is 57.1 Å². The van der Waals surface area contributed by atoms with Gasteiger partial charge in [-0.1, -0.05) is 52.0 Å². The van der Waals surface area contributed by atoms with Crippen LogP contribution in [-0.4, -0.2) is 15.7 Å². The van der Waals surface area contributed by atoms with Crippen LogP contribution in [0, 0.1) is 6.92 Å². The van der Waals surface area contributed by atoms with E-state index in [2.05, 4.69) is 72.5 Å². The Morgan fingerprint density at radius 1 is 1.13 bits per heavy atom. The fourth-order valence-electron chi connectivity index (χ4n) is 2.27. The predicted molar refractivity (Wildman–Crippen MR) is 97.1 cm³/mol. The Balaban J connectivity index is 2.15. The lowest BCUT2D eigenvalue weighted by Crippen LogP contribution is -2.11. The Morgan fingerprint density at radius 3 is 2.35 bits per heavy atom. The maximum absolute atomic E-state index is 4.43. The third kappa shape index (κ3) is 4.62. The van der Waals surface area contributed by atoms with E-state index in [-0.39, 0.29) is 5.41 Å². The first-order valence-electron chi connectivity index (χ1n) is 8.05. The second kappa shape index (κ2) is 6.90. The molecule has 2 rings (SSSR count). The second-order valence-corrected chi connectivity index (χ2v) is 6.81. The van der Waals surface area contributed by atoms with Crippen LogP contribution in [0.15, 0.2) is 35.4 Å². The van der Waals surface area contributed by atoms with E-state index in [0.29, 0.717) is 5.95 Å². The highest BCUT2D eigenvalue weighted by Crippen LogP contribution is 2.22. The van der Waals surface area contributed by atoms with Crippen molar-refractivity contribution in [2.45, 2.75) is 53.4 Å². The van der Waals surface area contributed by atoms with Crippen LogP contribution in [0.25, 0.3) is 0 Å². The summed E-state index contributed by atoms with van der Waals surface area (Å²) in [5, 5.41) is 4.41. The third-order valence-electron chi connectivity index (χ3n) is 3.76. The van der Waals surface area contributed by atoms with E-state index in [9.17, 15) is 0 Å². The standard InChI is InChI=1S/C19H26N4/c1-7-17-12-13(2)20-18(21-17)23-22-14(3)15-8-10-16(11-9-15)19(4,5)6/h8-12H,7H2,1-6H3,(H,20,21,23). The maximum atomic E-state index is 4.43. The van der Waals surface area contributed by atoms with Gasteiger partial charge in [0.25, 0.3) is 0 Å². The van der Waals surface area contributed by atoms with E-state index in [4.69, 9.17) is 0 Å². The molecule has 0 saturated carbocycles. The number of hydrogen-bond donors (Lipinski definition) is 1. The Labute approximate surface area is 139 Å². The Bertz CT molecular complexity index is 694. The molecule has 0 atom stereocenters. The summed E-state index contributed by atoms with van der Waals surface area (Å²) < 4.78 is 0. The second-order valence-electron chi connectivity index (χ2n) is 6.81. The molecule has 0 aliphatic rings. The summed E-state index contributed by atoms with van der Waals surface area (Å²) in [6, 6.07) is 10.5. The van der Waals surface area contributed by atoms with Crippen molar-refractivity contribution >= 4 is 11.7 Å². The van der Waals surface area contributed by atoms with Crippen LogP contribution in [-0.2, 0) is 11.8 Å². The lowest BCUT2D eigenvalue weighted by Gasteiger charge is -2.19. The molecule has 0 amide bonds. The topological polar surface area (TPSA) is 50.2 Å². The average Bonchev–Trinajstić information content (AvgIpc) is 2.51. The smallest absolute Gasteiger partial charge is 0.243 e. The van der Waals surface area contributed by atoms with Crippen molar-refractivity contribution < 1.29 is 0 Å². The van der Waals surface area contributed by atoms with Gasteiger partial charge in [-0.2, -0.15) is 5.10 Å². The monoisotopic (exact) mass is 310 g/mol. The van der Waals surface area contributed by atoms with E-state index in [1.165, 1.54) is 5.56 Å². The van der Waals surface area contributed by atoms with Gasteiger partial charge in [-0.3, -0.25) is 0 Å². The minimum Gasteiger partial charge on any atom is -0.245 e. The molecule has 0 fully saturated rings. The number of anilines is 1. The summed E-state index contributed by atoms with van der Waals surface area (Å²) in [4.78, 5) is 8.80. The molecule has 2 aromatic rings. The van der Waals surface area contributed by atoms with Gasteiger partial charge in [0, 0.05) is 11.4 Å². The number of hydrogen-bond acceptors (Lipinski definition) is 4. The first-order chi connectivity index (χ1) is 10.8. The van der Waals surface area contributed by atoms with Crippen LogP contribution in [0.4, 0.5) is 5.95 Å². The number of hydrazone groups is 1. The number of rotatable bonds is 4. The molecule has 1 aromatic carbocycles. The first-order valence-corrected chi connectivity index (χ1v) is 8.05. The highest BCUT2D eigenvalue weighted by molar-refractivity contribution is 5.99. The van der Waals surface area contributed by atoms with Gasteiger partial charge in [-0.05, 0) is 42.9 Å². The van der Waals surface area contributed by atoms with Gasteiger partial charge >= 0.3 is 0 Å². The number of aromatic nitrogens is 2. The lowest BCUT2D eigenvalue weighted by molar-refractivity contribution is 0.590. The van der Waals surface area contributed by atoms with Gasteiger partial charge in [-0.25, -0.2) is 15.4 Å². The van der Waals surface area contributed by atoms with Crippen molar-refractivity contribution in [2.24, 2.45) is 5.10 Å². The molecule has 4 nitrogen and oxygen atoms in total. The largest absolute Gasteiger partial charge is 0.245 e. The molecule has 0 bridgehead atoms.